The van der Waals surface area contributed by atoms with E-state index in [0.717, 1.165) is 5.56 Å². The zero-order chi connectivity index (χ0) is 20.4. The van der Waals surface area contributed by atoms with Crippen LogP contribution in [0.4, 0.5) is 0 Å². The molecular weight excluding hydrogens is 408 g/mol. The van der Waals surface area contributed by atoms with Crippen molar-refractivity contribution >= 4 is 32.7 Å². The summed E-state index contributed by atoms with van der Waals surface area (Å²) in [4.78, 5) is 19.0. The van der Waals surface area contributed by atoms with Crippen LogP contribution in [0.3, 0.4) is 0 Å². The smallest absolute Gasteiger partial charge is 0.288 e. The minimum absolute atomic E-state index is 0.0967. The van der Waals surface area contributed by atoms with Gasteiger partial charge in [0, 0.05) is 11.8 Å². The molecule has 0 N–H and O–H groups in total. The van der Waals surface area contributed by atoms with Gasteiger partial charge in [0.05, 0.1) is 17.5 Å². The summed E-state index contributed by atoms with van der Waals surface area (Å²) in [6.07, 6.45) is -0.728. The number of rotatable bonds is 5. The van der Waals surface area contributed by atoms with E-state index in [1.54, 1.807) is 19.1 Å². The van der Waals surface area contributed by atoms with Crippen molar-refractivity contribution in [1.29, 1.82) is 0 Å². The highest BCUT2D eigenvalue weighted by Gasteiger charge is 2.48. The monoisotopic (exact) mass is 430 g/mol. The maximum Gasteiger partial charge on any atom is 0.288 e. The normalized spacial score (nSPS) is 25.0. The number of hydrogen-bond acceptors (Lipinski definition) is 5. The first-order chi connectivity index (χ1) is 13.9. The molecule has 0 aliphatic carbocycles. The number of fused-ring (bicyclic) bond motifs is 1. The van der Waals surface area contributed by atoms with Gasteiger partial charge >= 0.3 is 0 Å². The molecule has 6 nitrogen and oxygen atoms in total. The van der Waals surface area contributed by atoms with Crippen molar-refractivity contribution in [2.45, 2.75) is 30.9 Å². The third kappa shape index (κ3) is 4.64. The first-order valence-electron chi connectivity index (χ1n) is 9.43. The molecule has 0 bridgehead atoms. The van der Waals surface area contributed by atoms with Crippen LogP contribution in [0.5, 0.6) is 5.75 Å². The predicted octanol–water partition coefficient (Wildman–Crippen LogP) is 2.75. The second-order valence-corrected chi connectivity index (χ2v) is 10.6. The van der Waals surface area contributed by atoms with Gasteiger partial charge in [0.1, 0.15) is 5.75 Å². The topological polar surface area (TPSA) is 76.0 Å². The Hall–Kier alpha value is -2.32. The molecule has 2 fully saturated rings. The number of benzene rings is 2. The lowest BCUT2D eigenvalue weighted by Gasteiger charge is -2.24. The predicted molar refractivity (Wildman–Crippen MR) is 115 cm³/mol. The molecule has 29 heavy (non-hydrogen) atoms. The van der Waals surface area contributed by atoms with Crippen molar-refractivity contribution in [3.05, 3.63) is 66.2 Å². The van der Waals surface area contributed by atoms with Gasteiger partial charge in [-0.1, -0.05) is 60.3 Å². The fourth-order valence-corrected chi connectivity index (χ4v) is 7.50. The maximum atomic E-state index is 12.7. The average molecular weight is 431 g/mol. The summed E-state index contributed by atoms with van der Waals surface area (Å²) < 4.78 is 29.9. The Kier molecular flexibility index (Phi) is 5.65. The van der Waals surface area contributed by atoms with Crippen molar-refractivity contribution in [1.82, 2.24) is 4.90 Å². The summed E-state index contributed by atoms with van der Waals surface area (Å²) in [5, 5.41) is 0.480. The zero-order valence-corrected chi connectivity index (χ0v) is 17.6. The van der Waals surface area contributed by atoms with Crippen molar-refractivity contribution in [2.24, 2.45) is 4.99 Å². The minimum Gasteiger partial charge on any atom is -0.481 e. The largest absolute Gasteiger partial charge is 0.481 e. The molecule has 2 saturated heterocycles. The van der Waals surface area contributed by atoms with Crippen molar-refractivity contribution in [3.8, 4) is 5.75 Å². The average Bonchev–Trinajstić information content (AvgIpc) is 3.15. The summed E-state index contributed by atoms with van der Waals surface area (Å²) in [5.41, 5.74) is 1.05. The molecule has 2 heterocycles. The molecule has 3 atom stereocenters. The Morgan fingerprint density at radius 2 is 1.79 bits per heavy atom. The lowest BCUT2D eigenvalue weighted by molar-refractivity contribution is -0.123. The van der Waals surface area contributed by atoms with E-state index in [1.165, 1.54) is 11.8 Å². The Balaban J connectivity index is 1.54. The summed E-state index contributed by atoms with van der Waals surface area (Å²) in [6.45, 7) is 2.19. The SMILES string of the molecule is C[C@H](Oc1ccccc1)C(=O)N=C1S[C@@H]2CS(=O)(=O)C[C@H]2N1Cc1ccccc1. The first-order valence-corrected chi connectivity index (χ1v) is 12.1. The quantitative estimate of drug-likeness (QED) is 0.726. The van der Waals surface area contributed by atoms with Gasteiger partial charge in [-0.05, 0) is 24.6 Å². The van der Waals surface area contributed by atoms with E-state index in [1.807, 2.05) is 53.4 Å². The first kappa shape index (κ1) is 20.0. The number of amidine groups is 1. The molecule has 1 amide bonds. The van der Waals surface area contributed by atoms with Crippen molar-refractivity contribution < 1.29 is 17.9 Å². The number of para-hydroxylation sites is 1. The van der Waals surface area contributed by atoms with E-state index in [0.29, 0.717) is 17.5 Å². The summed E-state index contributed by atoms with van der Waals surface area (Å²) >= 11 is 1.38. The molecule has 4 rings (SSSR count). The van der Waals surface area contributed by atoms with E-state index >= 15 is 0 Å². The summed E-state index contributed by atoms with van der Waals surface area (Å²) in [7, 11) is -3.07. The fourth-order valence-electron chi connectivity index (χ4n) is 3.54. The van der Waals surface area contributed by atoms with Gasteiger partial charge in [-0.3, -0.25) is 4.79 Å². The van der Waals surface area contributed by atoms with Gasteiger partial charge in [-0.25, -0.2) is 8.42 Å². The number of amides is 1. The van der Waals surface area contributed by atoms with E-state index in [9.17, 15) is 13.2 Å². The molecule has 0 spiro atoms. The van der Waals surface area contributed by atoms with Crippen LogP contribution in [-0.2, 0) is 21.2 Å². The standard InChI is InChI=1S/C21H22N2O4S2/c1-15(27-17-10-6-3-7-11-17)20(24)22-21-23(12-16-8-4-2-5-9-16)18-13-29(25,26)14-19(18)28-21/h2-11,15,18-19H,12-14H2,1H3/t15-,18+,19+/m0/s1. The Morgan fingerprint density at radius 1 is 1.14 bits per heavy atom. The van der Waals surface area contributed by atoms with Gasteiger partial charge in [0.25, 0.3) is 5.91 Å². The van der Waals surface area contributed by atoms with Crippen LogP contribution >= 0.6 is 11.8 Å². The Labute approximate surface area is 174 Å². The molecule has 0 unspecified atom stereocenters. The zero-order valence-electron chi connectivity index (χ0n) is 16.0. The maximum absolute atomic E-state index is 12.7. The third-order valence-corrected chi connectivity index (χ3v) is 8.23. The fraction of sp³-hybridized carbons (Fsp3) is 0.333. The van der Waals surface area contributed by atoms with Gasteiger partial charge in [0.15, 0.2) is 21.1 Å². The lowest BCUT2D eigenvalue weighted by atomic mass is 10.1. The highest BCUT2D eigenvalue weighted by Crippen LogP contribution is 2.39. The Bertz CT molecular complexity index is 1010. The molecule has 2 aliphatic heterocycles. The number of thioether (sulfide) groups is 1. The second kappa shape index (κ2) is 8.20. The van der Waals surface area contributed by atoms with Crippen LogP contribution in [-0.4, -0.2) is 53.3 Å². The number of hydrogen-bond donors (Lipinski definition) is 0. The number of carbonyl (C=O) groups is 1. The van der Waals surface area contributed by atoms with Crippen LogP contribution < -0.4 is 4.74 Å². The second-order valence-electron chi connectivity index (χ2n) is 7.22. The van der Waals surface area contributed by atoms with Crippen LogP contribution in [0.15, 0.2) is 65.7 Å². The Morgan fingerprint density at radius 3 is 2.48 bits per heavy atom. The van der Waals surface area contributed by atoms with Gasteiger partial charge < -0.3 is 9.64 Å². The molecular formula is C21H22N2O4S2. The number of aliphatic imine (C=N–C) groups is 1. The number of nitrogens with zero attached hydrogens (tertiary/aromatic N) is 2. The van der Waals surface area contributed by atoms with Gasteiger partial charge in [0.2, 0.25) is 0 Å². The molecule has 2 aromatic carbocycles. The molecule has 8 heteroatoms. The molecule has 0 saturated carbocycles. The minimum atomic E-state index is -3.07. The summed E-state index contributed by atoms with van der Waals surface area (Å²) in [5.74, 6) is 0.450. The molecule has 152 valence electrons. The van der Waals surface area contributed by atoms with E-state index in [-0.39, 0.29) is 28.7 Å². The van der Waals surface area contributed by atoms with Crippen LogP contribution in [0.2, 0.25) is 0 Å². The van der Waals surface area contributed by atoms with Crippen molar-refractivity contribution in [2.75, 3.05) is 11.5 Å². The number of carbonyl (C=O) groups excluding carboxylic acids is 1. The van der Waals surface area contributed by atoms with Crippen LogP contribution in [0.1, 0.15) is 12.5 Å². The lowest BCUT2D eigenvalue weighted by Crippen LogP contribution is -2.37. The van der Waals surface area contributed by atoms with E-state index in [2.05, 4.69) is 4.99 Å². The third-order valence-electron chi connectivity index (χ3n) is 4.98. The van der Waals surface area contributed by atoms with E-state index < -0.39 is 15.9 Å². The number of ether oxygens (including phenoxy) is 1. The highest BCUT2D eigenvalue weighted by molar-refractivity contribution is 8.15. The van der Waals surface area contributed by atoms with Crippen LogP contribution in [0, 0.1) is 0 Å². The summed E-state index contributed by atoms with van der Waals surface area (Å²) in [6, 6.07) is 18.8. The van der Waals surface area contributed by atoms with Gasteiger partial charge in [-0.15, -0.1) is 0 Å². The van der Waals surface area contributed by atoms with Crippen molar-refractivity contribution in [3.63, 3.8) is 0 Å². The van der Waals surface area contributed by atoms with Gasteiger partial charge in [-0.2, -0.15) is 4.99 Å². The molecule has 0 aromatic heterocycles. The van der Waals surface area contributed by atoms with Crippen LogP contribution in [0.25, 0.3) is 0 Å². The molecule has 0 radical (unpaired) electrons. The van der Waals surface area contributed by atoms with E-state index in [4.69, 9.17) is 4.74 Å². The highest BCUT2D eigenvalue weighted by atomic mass is 32.2. The number of sulfone groups is 1. The molecule has 2 aliphatic rings. The molecule has 2 aromatic rings.